The topological polar surface area (TPSA) is 94.0 Å². The van der Waals surface area contributed by atoms with E-state index in [0.717, 1.165) is 5.69 Å². The van der Waals surface area contributed by atoms with Crippen LogP contribution in [0.1, 0.15) is 11.1 Å². The highest BCUT2D eigenvalue weighted by molar-refractivity contribution is 5.67. The summed E-state index contributed by atoms with van der Waals surface area (Å²) in [6.07, 6.45) is 0. The molecule has 0 bridgehead atoms. The largest absolute Gasteiger partial charge is 0.345 e. The van der Waals surface area contributed by atoms with E-state index in [1.165, 1.54) is 12.1 Å². The SMILES string of the molecule is CN(c1ccc(C#N)cc1)c1ccc([N+](=O)[O-])c(C#N)c1. The normalized spacial score (nSPS) is 9.48. The Morgan fingerprint density at radius 1 is 1.05 bits per heavy atom. The molecule has 2 aromatic rings. The molecule has 6 heteroatoms. The molecule has 0 fully saturated rings. The number of nitriles is 2. The van der Waals surface area contributed by atoms with E-state index in [1.807, 2.05) is 12.1 Å². The lowest BCUT2D eigenvalue weighted by Crippen LogP contribution is -2.09. The lowest BCUT2D eigenvalue weighted by atomic mass is 10.1. The minimum absolute atomic E-state index is 0.0120. The Balaban J connectivity index is 2.39. The van der Waals surface area contributed by atoms with Crippen LogP contribution < -0.4 is 4.90 Å². The predicted octanol–water partition coefficient (Wildman–Crippen LogP) is 3.11. The van der Waals surface area contributed by atoms with Gasteiger partial charge in [-0.25, -0.2) is 0 Å². The van der Waals surface area contributed by atoms with Crippen LogP contribution in [-0.4, -0.2) is 12.0 Å². The van der Waals surface area contributed by atoms with Crippen molar-refractivity contribution in [3.05, 3.63) is 63.7 Å². The number of nitro benzene ring substituents is 1. The Bertz CT molecular complexity index is 770. The number of nitrogens with zero attached hydrogens (tertiary/aromatic N) is 4. The molecule has 2 rings (SSSR count). The van der Waals surface area contributed by atoms with Crippen LogP contribution in [0, 0.1) is 32.8 Å². The first-order valence-corrected chi connectivity index (χ1v) is 5.99. The zero-order valence-corrected chi connectivity index (χ0v) is 11.1. The Kier molecular flexibility index (Phi) is 3.83. The molecule has 0 aromatic heterocycles. The maximum Gasteiger partial charge on any atom is 0.287 e. The van der Waals surface area contributed by atoms with Crippen LogP contribution in [0.3, 0.4) is 0 Å². The first kappa shape index (κ1) is 14.0. The van der Waals surface area contributed by atoms with Crippen LogP contribution >= 0.6 is 0 Å². The van der Waals surface area contributed by atoms with Crippen molar-refractivity contribution in [3.8, 4) is 12.1 Å². The minimum atomic E-state index is -0.579. The van der Waals surface area contributed by atoms with Gasteiger partial charge in [-0.1, -0.05) is 0 Å². The van der Waals surface area contributed by atoms with Gasteiger partial charge in [0.25, 0.3) is 5.69 Å². The number of nitro groups is 1. The molecule has 0 aliphatic heterocycles. The van der Waals surface area contributed by atoms with E-state index >= 15 is 0 Å². The maximum absolute atomic E-state index is 10.8. The third-order valence-corrected chi connectivity index (χ3v) is 3.07. The van der Waals surface area contributed by atoms with Crippen LogP contribution in [0.5, 0.6) is 0 Å². The van der Waals surface area contributed by atoms with Crippen LogP contribution in [0.25, 0.3) is 0 Å². The molecule has 21 heavy (non-hydrogen) atoms. The molecule has 6 nitrogen and oxygen atoms in total. The van der Waals surface area contributed by atoms with E-state index in [-0.39, 0.29) is 11.3 Å². The minimum Gasteiger partial charge on any atom is -0.345 e. The molecule has 0 aliphatic rings. The first-order valence-electron chi connectivity index (χ1n) is 5.99. The summed E-state index contributed by atoms with van der Waals surface area (Å²) >= 11 is 0. The van der Waals surface area contributed by atoms with E-state index in [0.29, 0.717) is 11.3 Å². The van der Waals surface area contributed by atoms with Gasteiger partial charge in [0.1, 0.15) is 11.6 Å². The second-order valence-electron chi connectivity index (χ2n) is 4.29. The molecule has 0 amide bonds. The van der Waals surface area contributed by atoms with Crippen molar-refractivity contribution in [2.24, 2.45) is 0 Å². The van der Waals surface area contributed by atoms with E-state index in [1.54, 1.807) is 42.3 Å². The van der Waals surface area contributed by atoms with Crippen LogP contribution in [-0.2, 0) is 0 Å². The van der Waals surface area contributed by atoms with Crippen molar-refractivity contribution >= 4 is 17.1 Å². The standard InChI is InChI=1S/C15H10N4O2/c1-18(13-4-2-11(9-16)3-5-13)14-6-7-15(19(20)21)12(8-14)10-17/h2-8H,1H3. The molecule has 0 spiro atoms. The molecule has 0 radical (unpaired) electrons. The average Bonchev–Trinajstić information content (AvgIpc) is 2.53. The van der Waals surface area contributed by atoms with Gasteiger partial charge in [-0.15, -0.1) is 0 Å². The molecule has 0 atom stereocenters. The van der Waals surface area contributed by atoms with Crippen molar-refractivity contribution in [2.45, 2.75) is 0 Å². The Hall–Kier alpha value is -3.38. The highest BCUT2D eigenvalue weighted by Crippen LogP contribution is 2.28. The van der Waals surface area contributed by atoms with Gasteiger partial charge < -0.3 is 4.90 Å². The lowest BCUT2D eigenvalue weighted by molar-refractivity contribution is -0.385. The number of hydrogen-bond acceptors (Lipinski definition) is 5. The maximum atomic E-state index is 10.8. The van der Waals surface area contributed by atoms with Gasteiger partial charge >= 0.3 is 0 Å². The van der Waals surface area contributed by atoms with Crippen LogP contribution in [0.15, 0.2) is 42.5 Å². The molecule has 0 unspecified atom stereocenters. The summed E-state index contributed by atoms with van der Waals surface area (Å²) in [5.41, 5.74) is 1.81. The second kappa shape index (κ2) is 5.72. The summed E-state index contributed by atoms with van der Waals surface area (Å²) in [5, 5.41) is 28.6. The van der Waals surface area contributed by atoms with E-state index < -0.39 is 4.92 Å². The van der Waals surface area contributed by atoms with Crippen molar-refractivity contribution in [1.29, 1.82) is 10.5 Å². The zero-order chi connectivity index (χ0) is 15.4. The number of hydrogen-bond donors (Lipinski definition) is 0. The summed E-state index contributed by atoms with van der Waals surface area (Å²) < 4.78 is 0. The third-order valence-electron chi connectivity index (χ3n) is 3.07. The van der Waals surface area contributed by atoms with Crippen molar-refractivity contribution in [1.82, 2.24) is 0 Å². The van der Waals surface area contributed by atoms with E-state index in [4.69, 9.17) is 10.5 Å². The van der Waals surface area contributed by atoms with E-state index in [9.17, 15) is 10.1 Å². The monoisotopic (exact) mass is 278 g/mol. The summed E-state index contributed by atoms with van der Waals surface area (Å²) in [5.74, 6) is 0. The van der Waals surface area contributed by atoms with Gasteiger partial charge in [-0.2, -0.15) is 10.5 Å². The predicted molar refractivity (Wildman–Crippen MR) is 77.0 cm³/mol. The Morgan fingerprint density at radius 3 is 2.19 bits per heavy atom. The fourth-order valence-corrected chi connectivity index (χ4v) is 1.89. The summed E-state index contributed by atoms with van der Waals surface area (Å²) in [6.45, 7) is 0. The van der Waals surface area contributed by atoms with Gasteiger partial charge in [-0.05, 0) is 36.4 Å². The molecular weight excluding hydrogens is 268 g/mol. The van der Waals surface area contributed by atoms with E-state index in [2.05, 4.69) is 0 Å². The molecule has 2 aromatic carbocycles. The Labute approximate surface area is 121 Å². The van der Waals surface area contributed by atoms with Gasteiger partial charge in [0.2, 0.25) is 0 Å². The van der Waals surface area contributed by atoms with Crippen molar-refractivity contribution < 1.29 is 4.92 Å². The lowest BCUT2D eigenvalue weighted by Gasteiger charge is -2.19. The van der Waals surface area contributed by atoms with Gasteiger partial charge in [-0.3, -0.25) is 10.1 Å². The van der Waals surface area contributed by atoms with Crippen molar-refractivity contribution in [3.63, 3.8) is 0 Å². The summed E-state index contributed by atoms with van der Waals surface area (Å²) in [7, 11) is 1.78. The van der Waals surface area contributed by atoms with Crippen LogP contribution in [0.2, 0.25) is 0 Å². The molecule has 0 heterocycles. The third kappa shape index (κ3) is 2.80. The van der Waals surface area contributed by atoms with Gasteiger partial charge in [0, 0.05) is 24.5 Å². The Morgan fingerprint density at radius 2 is 1.67 bits per heavy atom. The molecule has 0 saturated carbocycles. The highest BCUT2D eigenvalue weighted by Gasteiger charge is 2.15. The number of rotatable bonds is 3. The fourth-order valence-electron chi connectivity index (χ4n) is 1.89. The molecule has 102 valence electrons. The highest BCUT2D eigenvalue weighted by atomic mass is 16.6. The van der Waals surface area contributed by atoms with Crippen LogP contribution in [0.4, 0.5) is 17.1 Å². The summed E-state index contributed by atoms with van der Waals surface area (Å²) in [4.78, 5) is 12.0. The van der Waals surface area contributed by atoms with Gasteiger partial charge in [0.05, 0.1) is 16.6 Å². The quantitative estimate of drug-likeness (QED) is 0.635. The van der Waals surface area contributed by atoms with Gasteiger partial charge in [0.15, 0.2) is 0 Å². The fraction of sp³-hybridized carbons (Fsp3) is 0.0667. The van der Waals surface area contributed by atoms with Crippen molar-refractivity contribution in [2.75, 3.05) is 11.9 Å². The average molecular weight is 278 g/mol. The number of anilines is 2. The smallest absolute Gasteiger partial charge is 0.287 e. The molecule has 0 saturated heterocycles. The first-order chi connectivity index (χ1) is 10.1. The number of benzene rings is 2. The molecule has 0 aliphatic carbocycles. The second-order valence-corrected chi connectivity index (χ2v) is 4.29. The zero-order valence-electron chi connectivity index (χ0n) is 11.1. The molecule has 0 N–H and O–H groups in total. The molecular formula is C15H10N4O2. The summed E-state index contributed by atoms with van der Waals surface area (Å²) in [6, 6.07) is 15.1.